The van der Waals surface area contributed by atoms with E-state index in [1.807, 2.05) is 54.9 Å². The van der Waals surface area contributed by atoms with Crippen molar-refractivity contribution in [1.29, 1.82) is 0 Å². The number of halogens is 3. The first kappa shape index (κ1) is 29.5. The molecule has 0 unspecified atom stereocenters. The van der Waals surface area contributed by atoms with Crippen LogP contribution in [-0.4, -0.2) is 57.5 Å². The summed E-state index contributed by atoms with van der Waals surface area (Å²) in [7, 11) is 3.85. The van der Waals surface area contributed by atoms with Crippen molar-refractivity contribution in [3.8, 4) is 17.1 Å². The molecule has 12 heteroatoms. The van der Waals surface area contributed by atoms with Gasteiger partial charge in [0.25, 0.3) is 5.91 Å². The Morgan fingerprint density at radius 1 is 1.00 bits per heavy atom. The van der Waals surface area contributed by atoms with Crippen LogP contribution in [0.25, 0.3) is 28.0 Å². The number of pyridine rings is 1. The number of carbonyl (C=O) groups is 1. The lowest BCUT2D eigenvalue weighted by Gasteiger charge is -2.15. The van der Waals surface area contributed by atoms with Crippen LogP contribution in [-0.2, 0) is 6.18 Å². The number of benzene rings is 2. The van der Waals surface area contributed by atoms with Crippen molar-refractivity contribution >= 4 is 34.0 Å². The summed E-state index contributed by atoms with van der Waals surface area (Å²) >= 11 is 0. The molecular formula is C31H31F3N8O. The molecule has 0 fully saturated rings. The molecule has 222 valence electrons. The number of amides is 1. The Labute approximate surface area is 246 Å². The number of fused-ring (bicyclic) bond motifs is 1. The summed E-state index contributed by atoms with van der Waals surface area (Å²) in [5.74, 6) is 0.286. The van der Waals surface area contributed by atoms with E-state index in [-0.39, 0.29) is 11.3 Å². The van der Waals surface area contributed by atoms with E-state index < -0.39 is 17.6 Å². The third kappa shape index (κ3) is 6.92. The van der Waals surface area contributed by atoms with Crippen molar-refractivity contribution in [2.24, 2.45) is 0 Å². The van der Waals surface area contributed by atoms with Crippen LogP contribution in [0.3, 0.4) is 0 Å². The number of anilines is 3. The first-order chi connectivity index (χ1) is 20.5. The number of hydrogen-bond donors (Lipinski definition) is 3. The van der Waals surface area contributed by atoms with Gasteiger partial charge in [0.15, 0.2) is 0 Å². The van der Waals surface area contributed by atoms with Crippen LogP contribution in [0.5, 0.6) is 0 Å². The zero-order valence-electron chi connectivity index (χ0n) is 23.9. The Balaban J connectivity index is 1.42. The molecular weight excluding hydrogens is 557 g/mol. The number of nitrogen functional groups attached to an aromatic ring is 1. The fraction of sp³-hybridized carbons (Fsp3) is 0.226. The maximum absolute atomic E-state index is 13.7. The van der Waals surface area contributed by atoms with Gasteiger partial charge in [0.1, 0.15) is 18.0 Å². The van der Waals surface area contributed by atoms with Gasteiger partial charge in [0, 0.05) is 52.9 Å². The first-order valence-corrected chi connectivity index (χ1v) is 13.6. The second-order valence-electron chi connectivity index (χ2n) is 10.5. The number of nitrogens with one attached hydrogen (secondary N) is 2. The molecule has 3 heterocycles. The minimum Gasteiger partial charge on any atom is -0.385 e. The number of rotatable bonds is 9. The zero-order valence-corrected chi connectivity index (χ0v) is 23.9. The van der Waals surface area contributed by atoms with E-state index in [9.17, 15) is 18.0 Å². The predicted octanol–water partition coefficient (Wildman–Crippen LogP) is 6.01. The molecule has 0 atom stereocenters. The molecule has 0 radical (unpaired) electrons. The van der Waals surface area contributed by atoms with Crippen LogP contribution in [0.1, 0.15) is 27.9 Å². The molecule has 0 bridgehead atoms. The number of carbonyl (C=O) groups excluding carboxylic acids is 1. The topological polar surface area (TPSA) is 114 Å². The molecule has 0 saturated heterocycles. The van der Waals surface area contributed by atoms with E-state index in [0.29, 0.717) is 29.6 Å². The molecule has 2 aromatic carbocycles. The molecule has 5 rings (SSSR count). The van der Waals surface area contributed by atoms with Gasteiger partial charge in [-0.3, -0.25) is 9.78 Å². The highest BCUT2D eigenvalue weighted by Gasteiger charge is 2.32. The molecule has 4 N–H and O–H groups in total. The molecule has 0 aliphatic carbocycles. The van der Waals surface area contributed by atoms with Crippen molar-refractivity contribution < 1.29 is 18.0 Å². The van der Waals surface area contributed by atoms with Crippen LogP contribution >= 0.6 is 0 Å². The van der Waals surface area contributed by atoms with Gasteiger partial charge in [0.05, 0.1) is 16.8 Å². The van der Waals surface area contributed by atoms with Crippen LogP contribution in [0, 0.1) is 6.92 Å². The Bertz CT molecular complexity index is 1780. The number of aryl methyl sites for hydroxylation is 1. The Hall–Kier alpha value is -4.97. The first-order valence-electron chi connectivity index (χ1n) is 13.6. The van der Waals surface area contributed by atoms with Gasteiger partial charge in [0.2, 0.25) is 0 Å². The molecule has 3 aromatic heterocycles. The Kier molecular flexibility index (Phi) is 8.31. The molecule has 1 amide bonds. The summed E-state index contributed by atoms with van der Waals surface area (Å²) in [4.78, 5) is 28.1. The standard InChI is InChI=1S/C31H31F3N8O/c1-19-5-6-23(40-30(43)21-11-22(31(32,33)34)13-24(12-21)36-8-4-9-41(2)3)14-25(19)26-15-27-20(17-37-26)7-10-42(27)29-16-28(35)38-18-39-29/h5-7,10-18,36H,4,8-9H2,1-3H3,(H,40,43)(H2,35,38,39). The van der Waals surface area contributed by atoms with E-state index in [0.717, 1.165) is 47.1 Å². The molecule has 5 aromatic rings. The van der Waals surface area contributed by atoms with Gasteiger partial charge >= 0.3 is 6.18 Å². The molecule has 9 nitrogen and oxygen atoms in total. The van der Waals surface area contributed by atoms with Gasteiger partial charge < -0.3 is 25.8 Å². The van der Waals surface area contributed by atoms with E-state index in [2.05, 4.69) is 25.6 Å². The predicted molar refractivity (Wildman–Crippen MR) is 162 cm³/mol. The van der Waals surface area contributed by atoms with Crippen LogP contribution < -0.4 is 16.4 Å². The van der Waals surface area contributed by atoms with Gasteiger partial charge in [-0.05, 0) is 82.0 Å². The Morgan fingerprint density at radius 2 is 1.81 bits per heavy atom. The van der Waals surface area contributed by atoms with Gasteiger partial charge in [-0.2, -0.15) is 13.2 Å². The van der Waals surface area contributed by atoms with E-state index in [1.165, 1.54) is 12.4 Å². The average Bonchev–Trinajstić information content (AvgIpc) is 3.39. The lowest BCUT2D eigenvalue weighted by atomic mass is 10.0. The van der Waals surface area contributed by atoms with E-state index in [4.69, 9.17) is 5.73 Å². The summed E-state index contributed by atoms with van der Waals surface area (Å²) in [6, 6.07) is 14.1. The quantitative estimate of drug-likeness (QED) is 0.181. The van der Waals surface area contributed by atoms with Crippen molar-refractivity contribution in [1.82, 2.24) is 24.4 Å². The summed E-state index contributed by atoms with van der Waals surface area (Å²) in [5, 5.41) is 6.65. The lowest BCUT2D eigenvalue weighted by Crippen LogP contribution is -2.17. The van der Waals surface area contributed by atoms with Crippen molar-refractivity contribution in [2.45, 2.75) is 19.5 Å². The minimum absolute atomic E-state index is 0.103. The summed E-state index contributed by atoms with van der Waals surface area (Å²) < 4.78 is 42.9. The number of aromatic nitrogens is 4. The second kappa shape index (κ2) is 12.1. The third-order valence-electron chi connectivity index (χ3n) is 6.90. The highest BCUT2D eigenvalue weighted by atomic mass is 19.4. The van der Waals surface area contributed by atoms with Crippen LogP contribution in [0.4, 0.5) is 30.4 Å². The second-order valence-corrected chi connectivity index (χ2v) is 10.5. The molecule has 0 saturated carbocycles. The molecule has 0 spiro atoms. The average molecular weight is 589 g/mol. The highest BCUT2D eigenvalue weighted by molar-refractivity contribution is 6.05. The highest BCUT2D eigenvalue weighted by Crippen LogP contribution is 2.33. The van der Waals surface area contributed by atoms with E-state index in [1.54, 1.807) is 24.4 Å². The lowest BCUT2D eigenvalue weighted by molar-refractivity contribution is -0.137. The molecule has 0 aliphatic heterocycles. The number of nitrogens with two attached hydrogens (primary N) is 1. The van der Waals surface area contributed by atoms with Crippen molar-refractivity contribution in [2.75, 3.05) is 43.6 Å². The Morgan fingerprint density at radius 3 is 2.56 bits per heavy atom. The fourth-order valence-corrected chi connectivity index (χ4v) is 4.70. The fourth-order valence-electron chi connectivity index (χ4n) is 4.70. The number of alkyl halides is 3. The SMILES string of the molecule is Cc1ccc(NC(=O)c2cc(NCCCN(C)C)cc(C(F)(F)F)c2)cc1-c1cc2c(ccn2-c2cc(N)ncn2)cn1. The summed E-state index contributed by atoms with van der Waals surface area (Å²) in [6.45, 7) is 3.16. The van der Waals surface area contributed by atoms with Crippen LogP contribution in [0.2, 0.25) is 0 Å². The molecule has 43 heavy (non-hydrogen) atoms. The maximum Gasteiger partial charge on any atom is 0.416 e. The van der Waals surface area contributed by atoms with Crippen LogP contribution in [0.15, 0.2) is 73.3 Å². The van der Waals surface area contributed by atoms with Gasteiger partial charge in [-0.25, -0.2) is 9.97 Å². The summed E-state index contributed by atoms with van der Waals surface area (Å²) in [5.41, 5.74) is 8.64. The van der Waals surface area contributed by atoms with Gasteiger partial charge in [-0.1, -0.05) is 6.07 Å². The van der Waals surface area contributed by atoms with Crippen molar-refractivity contribution in [3.63, 3.8) is 0 Å². The van der Waals surface area contributed by atoms with E-state index >= 15 is 0 Å². The minimum atomic E-state index is -4.60. The monoisotopic (exact) mass is 588 g/mol. The molecule has 0 aliphatic rings. The normalized spacial score (nSPS) is 11.7. The number of nitrogens with zero attached hydrogens (tertiary/aromatic N) is 5. The van der Waals surface area contributed by atoms with Crippen molar-refractivity contribution in [3.05, 3.63) is 90.0 Å². The smallest absolute Gasteiger partial charge is 0.385 e. The maximum atomic E-state index is 13.7. The zero-order chi connectivity index (χ0) is 30.7. The van der Waals surface area contributed by atoms with Gasteiger partial charge in [-0.15, -0.1) is 0 Å². The number of hydrogen-bond acceptors (Lipinski definition) is 7. The third-order valence-corrected chi connectivity index (χ3v) is 6.90. The summed E-state index contributed by atoms with van der Waals surface area (Å²) in [6.07, 6.45) is 1.12. The largest absolute Gasteiger partial charge is 0.416 e.